The van der Waals surface area contributed by atoms with Gasteiger partial charge in [-0.3, -0.25) is 9.59 Å². The number of carbonyl (C=O) groups is 2. The van der Waals surface area contributed by atoms with Crippen LogP contribution in [0.25, 0.3) is 6.08 Å². The molecule has 0 N–H and O–H groups in total. The van der Waals surface area contributed by atoms with Gasteiger partial charge in [-0.05, 0) is 98.3 Å². The van der Waals surface area contributed by atoms with E-state index in [9.17, 15) is 9.59 Å². The highest BCUT2D eigenvalue weighted by Crippen LogP contribution is 2.57. The minimum Gasteiger partial charge on any atom is -0.458 e. The average molecular weight is 732 g/mol. The number of rotatable bonds is 6. The molecule has 6 nitrogen and oxygen atoms in total. The van der Waals surface area contributed by atoms with Gasteiger partial charge in [0.2, 0.25) is 0 Å². The third-order valence-corrected chi connectivity index (χ3v) is 22.2. The van der Waals surface area contributed by atoms with Crippen molar-refractivity contribution >= 4 is 45.8 Å². The zero-order valence-electron chi connectivity index (χ0n) is 34.0. The lowest BCUT2D eigenvalue weighted by Crippen LogP contribution is -2.54. The van der Waals surface area contributed by atoms with Crippen molar-refractivity contribution < 1.29 is 23.2 Å². The van der Waals surface area contributed by atoms with Crippen LogP contribution in [0, 0.1) is 35.5 Å². The summed E-state index contributed by atoms with van der Waals surface area (Å²) in [7, 11) is -4.61. The Balaban J connectivity index is 2.12. The highest BCUT2D eigenvalue weighted by atomic mass is 32.1. The fraction of sp³-hybridized carbons (Fsp3) is 0.775. The van der Waals surface area contributed by atoms with Gasteiger partial charge in [-0.25, -0.2) is 4.98 Å². The molecular weight excluding hydrogens is 663 g/mol. The van der Waals surface area contributed by atoms with E-state index in [0.29, 0.717) is 5.92 Å². The lowest BCUT2D eigenvalue weighted by molar-refractivity contribution is -0.154. The molecule has 278 valence electrons. The summed E-state index contributed by atoms with van der Waals surface area (Å²) in [6, 6.07) is 0. The maximum Gasteiger partial charge on any atom is 0.309 e. The topological polar surface area (TPSA) is 74.7 Å². The number of cyclic esters (lactones) is 1. The largest absolute Gasteiger partial charge is 0.458 e. The lowest BCUT2D eigenvalue weighted by atomic mass is 9.73. The molecule has 1 saturated carbocycles. The average Bonchev–Trinajstić information content (AvgIpc) is 3.39. The molecule has 49 heavy (non-hydrogen) atoms. The zero-order valence-corrected chi connectivity index (χ0v) is 36.8. The van der Waals surface area contributed by atoms with E-state index in [1.807, 2.05) is 40.0 Å². The Morgan fingerprint density at radius 3 is 2.10 bits per heavy atom. The lowest BCUT2D eigenvalue weighted by Gasteiger charge is -2.46. The van der Waals surface area contributed by atoms with Gasteiger partial charge in [0, 0.05) is 16.7 Å². The summed E-state index contributed by atoms with van der Waals surface area (Å²) in [5.41, 5.74) is 0.975. The molecule has 1 aromatic heterocycles. The maximum atomic E-state index is 14.9. The Bertz CT molecular complexity index is 1400. The molecule has 0 unspecified atom stereocenters. The first kappa shape index (κ1) is 42.0. The van der Waals surface area contributed by atoms with Gasteiger partial charge in [-0.15, -0.1) is 11.3 Å². The van der Waals surface area contributed by atoms with Crippen LogP contribution in [0.4, 0.5) is 0 Å². The molecule has 0 radical (unpaired) electrons. The molecule has 0 aromatic carbocycles. The highest BCUT2D eigenvalue weighted by molar-refractivity contribution is 7.09. The predicted octanol–water partition coefficient (Wildman–Crippen LogP) is 11.2. The van der Waals surface area contributed by atoms with Crippen LogP contribution in [0.1, 0.15) is 119 Å². The van der Waals surface area contributed by atoms with Crippen LogP contribution in [-0.2, 0) is 23.2 Å². The molecule has 0 amide bonds. The molecule has 1 aromatic rings. The molecule has 0 spiro atoms. The Hall–Kier alpha value is -1.40. The molecule has 1 aliphatic carbocycles. The number of ketones is 1. The van der Waals surface area contributed by atoms with Crippen LogP contribution in [-0.4, -0.2) is 51.7 Å². The van der Waals surface area contributed by atoms with Gasteiger partial charge in [0.25, 0.3) is 0 Å². The third kappa shape index (κ3) is 10.1. The number of carbonyl (C=O) groups excluding carboxylic acids is 2. The van der Waals surface area contributed by atoms with Crippen LogP contribution < -0.4 is 0 Å². The second kappa shape index (κ2) is 14.9. The summed E-state index contributed by atoms with van der Waals surface area (Å²) in [5.74, 6) is -0.0854. The summed E-state index contributed by atoms with van der Waals surface area (Å²) in [4.78, 5) is 33.6. The van der Waals surface area contributed by atoms with E-state index < -0.39 is 28.2 Å². The summed E-state index contributed by atoms with van der Waals surface area (Å²) in [6.07, 6.45) is 8.12. The van der Waals surface area contributed by atoms with E-state index in [1.54, 1.807) is 11.3 Å². The second-order valence-corrected chi connectivity index (χ2v) is 29.8. The van der Waals surface area contributed by atoms with Crippen LogP contribution in [0.15, 0.2) is 23.1 Å². The molecule has 3 rings (SSSR count). The molecule has 9 heteroatoms. The number of thiazole rings is 1. The molecule has 0 saturated heterocycles. The first-order valence-electron chi connectivity index (χ1n) is 18.5. The molecule has 7 atom stereocenters. The van der Waals surface area contributed by atoms with Gasteiger partial charge in [-0.2, -0.15) is 0 Å². The van der Waals surface area contributed by atoms with Crippen molar-refractivity contribution in [2.75, 3.05) is 0 Å². The summed E-state index contributed by atoms with van der Waals surface area (Å²) in [5, 5.41) is 2.95. The monoisotopic (exact) mass is 731 g/mol. The quantitative estimate of drug-likeness (QED) is 0.165. The number of esters is 1. The molecule has 1 aliphatic heterocycles. The Morgan fingerprint density at radius 1 is 1.00 bits per heavy atom. The van der Waals surface area contributed by atoms with Crippen molar-refractivity contribution in [1.82, 2.24) is 4.98 Å². The van der Waals surface area contributed by atoms with Crippen molar-refractivity contribution in [2.45, 2.75) is 170 Å². The van der Waals surface area contributed by atoms with Crippen LogP contribution in [0.2, 0.25) is 36.3 Å². The SMILES string of the molecule is C/C(=C\c1csc(C)n1)[C@@H]1C[C@@H]2C[C@]2(C)/C=C/C[C@H](C)[C@H](O[Si](C)(C)C(C)(C)C)[C@@H](C)C(=O)C(C)(C)[C@@H](O[Si](C)(C)C(C)(C)C)CC(=O)O1. The van der Waals surface area contributed by atoms with E-state index in [1.165, 1.54) is 0 Å². The fourth-order valence-electron chi connectivity index (χ4n) is 6.53. The Kier molecular flexibility index (Phi) is 12.8. The van der Waals surface area contributed by atoms with Gasteiger partial charge in [0.1, 0.15) is 11.9 Å². The van der Waals surface area contributed by atoms with E-state index in [2.05, 4.69) is 105 Å². The Labute approximate surface area is 305 Å². The number of hydrogen-bond acceptors (Lipinski definition) is 7. The summed E-state index contributed by atoms with van der Waals surface area (Å²) < 4.78 is 20.6. The third-order valence-electron chi connectivity index (χ3n) is 12.5. The van der Waals surface area contributed by atoms with Crippen molar-refractivity contribution in [2.24, 2.45) is 28.6 Å². The molecule has 2 aliphatic rings. The van der Waals surface area contributed by atoms with E-state index in [0.717, 1.165) is 35.5 Å². The van der Waals surface area contributed by atoms with Crippen molar-refractivity contribution in [3.8, 4) is 0 Å². The fourth-order valence-corrected chi connectivity index (χ4v) is 10.0. The van der Waals surface area contributed by atoms with E-state index in [4.69, 9.17) is 13.6 Å². The van der Waals surface area contributed by atoms with Crippen molar-refractivity contribution in [1.29, 1.82) is 0 Å². The summed E-state index contributed by atoms with van der Waals surface area (Å²) in [6.45, 7) is 36.8. The normalized spacial score (nSPS) is 32.0. The number of ether oxygens (including phenoxy) is 1. The van der Waals surface area contributed by atoms with E-state index >= 15 is 0 Å². The number of allylic oxidation sites excluding steroid dienone is 2. The number of fused-ring (bicyclic) bond motifs is 1. The van der Waals surface area contributed by atoms with Crippen LogP contribution in [0.5, 0.6) is 0 Å². The number of nitrogens with zero attached hydrogens (tertiary/aromatic N) is 1. The molecular formula is C40H69NO5SSi2. The molecule has 2 heterocycles. The summed E-state index contributed by atoms with van der Waals surface area (Å²) >= 11 is 1.62. The maximum absolute atomic E-state index is 14.9. The predicted molar refractivity (Wildman–Crippen MR) is 211 cm³/mol. The number of aromatic nitrogens is 1. The highest BCUT2D eigenvalue weighted by Gasteiger charge is 2.52. The molecule has 1 fully saturated rings. The van der Waals surface area contributed by atoms with Gasteiger partial charge >= 0.3 is 5.97 Å². The first-order valence-corrected chi connectivity index (χ1v) is 25.2. The van der Waals surface area contributed by atoms with Gasteiger partial charge in [0.05, 0.1) is 29.3 Å². The standard InChI is InChI=1S/C40H69NO5SSi2/c1-26-19-18-20-40(13)24-30(40)22-32(27(2)21-31-25-47-29(4)41-31)44-34(42)23-33(45-48(14,15)37(5,6)7)39(11,12)36(43)28(3)35(26)46-49(16,17)38(8,9)10/h18,20-21,25-26,28,30,32-33,35H,19,22-24H2,1-17H3/b20-18+,27-21+/t26-,28+,30+,32-,33-,35-,40-/m0/s1. The molecule has 0 bridgehead atoms. The number of hydrogen-bond donors (Lipinski definition) is 0. The first-order chi connectivity index (χ1) is 22.1. The van der Waals surface area contributed by atoms with Gasteiger partial charge < -0.3 is 13.6 Å². The second-order valence-electron chi connectivity index (χ2n) is 19.2. The van der Waals surface area contributed by atoms with Gasteiger partial charge in [-0.1, -0.05) is 88.3 Å². The van der Waals surface area contributed by atoms with Crippen LogP contribution >= 0.6 is 11.3 Å². The number of aryl methyl sites for hydroxylation is 1. The van der Waals surface area contributed by atoms with Gasteiger partial charge in [0.15, 0.2) is 16.6 Å². The zero-order chi connectivity index (χ0) is 37.5. The minimum atomic E-state index is -2.39. The minimum absolute atomic E-state index is 0.00395. The van der Waals surface area contributed by atoms with Crippen molar-refractivity contribution in [3.63, 3.8) is 0 Å². The van der Waals surface area contributed by atoms with Crippen LogP contribution in [0.3, 0.4) is 0 Å². The smallest absolute Gasteiger partial charge is 0.309 e. The Morgan fingerprint density at radius 2 is 1.57 bits per heavy atom. The van der Waals surface area contributed by atoms with Crippen molar-refractivity contribution in [3.05, 3.63) is 33.8 Å². The number of Topliss-reactive ketones (excluding diaryl/α,β-unsaturated/α-hetero) is 1. The van der Waals surface area contributed by atoms with E-state index in [-0.39, 0.29) is 57.7 Å².